The summed E-state index contributed by atoms with van der Waals surface area (Å²) in [6.45, 7) is 10.2. The second-order valence-corrected chi connectivity index (χ2v) is 5.26. The van der Waals surface area contributed by atoms with E-state index in [1.54, 1.807) is 6.20 Å². The second kappa shape index (κ2) is 3.57. The Morgan fingerprint density at radius 1 is 1.19 bits per heavy atom. The van der Waals surface area contributed by atoms with Gasteiger partial charge in [-0.2, -0.15) is 0 Å². The Bertz CT molecular complexity index is 388. The van der Waals surface area contributed by atoms with Gasteiger partial charge in [-0.3, -0.25) is 4.98 Å². The third-order valence-corrected chi connectivity index (χ3v) is 3.52. The van der Waals surface area contributed by atoms with Crippen molar-refractivity contribution in [3.8, 4) is 0 Å². The topological polar surface area (TPSA) is 31.4 Å². The van der Waals surface area contributed by atoms with Crippen molar-refractivity contribution in [3.05, 3.63) is 24.0 Å². The molecule has 1 aromatic rings. The van der Waals surface area contributed by atoms with Crippen LogP contribution in [0.2, 0.25) is 0 Å². The summed E-state index contributed by atoms with van der Waals surface area (Å²) in [5, 5.41) is 0. The molecule has 2 heterocycles. The summed E-state index contributed by atoms with van der Waals surface area (Å²) in [5.41, 5.74) is 1.47. The fourth-order valence-electron chi connectivity index (χ4n) is 1.64. The zero-order valence-corrected chi connectivity index (χ0v) is 10.5. The summed E-state index contributed by atoms with van der Waals surface area (Å²) in [4.78, 5) is 4.00. The zero-order valence-electron chi connectivity index (χ0n) is 10.5. The van der Waals surface area contributed by atoms with Crippen molar-refractivity contribution < 1.29 is 9.31 Å². The van der Waals surface area contributed by atoms with Gasteiger partial charge in [-0.15, -0.1) is 0 Å². The largest absolute Gasteiger partial charge is 0.496 e. The number of hydrogen-bond acceptors (Lipinski definition) is 3. The van der Waals surface area contributed by atoms with E-state index in [0.717, 1.165) is 11.0 Å². The highest BCUT2D eigenvalue weighted by Crippen LogP contribution is 2.36. The van der Waals surface area contributed by atoms with Crippen LogP contribution >= 0.6 is 0 Å². The predicted octanol–water partition coefficient (Wildman–Crippen LogP) is 1.49. The number of aryl methyl sites for hydroxylation is 1. The molecular formula is C12H17BNO2. The maximum Gasteiger partial charge on any atom is 0.496 e. The third kappa shape index (κ3) is 1.76. The summed E-state index contributed by atoms with van der Waals surface area (Å²) in [6, 6.07) is 1.85. The first-order valence-corrected chi connectivity index (χ1v) is 5.52. The normalized spacial score (nSPS) is 22.4. The summed E-state index contributed by atoms with van der Waals surface area (Å²) in [5.74, 6) is 0. The molecule has 0 bridgehead atoms. The molecule has 1 saturated heterocycles. The Labute approximate surface area is 97.3 Å². The highest BCUT2D eigenvalue weighted by atomic mass is 16.7. The van der Waals surface area contributed by atoms with E-state index in [2.05, 4.69) is 11.2 Å². The first-order valence-electron chi connectivity index (χ1n) is 5.52. The zero-order chi connectivity index (χ0) is 12.0. The van der Waals surface area contributed by atoms with Crippen LogP contribution < -0.4 is 5.46 Å². The molecule has 1 radical (unpaired) electrons. The van der Waals surface area contributed by atoms with Crippen molar-refractivity contribution in [2.45, 2.75) is 45.8 Å². The van der Waals surface area contributed by atoms with Gasteiger partial charge in [-0.05, 0) is 46.2 Å². The molecule has 2 rings (SSSR count). The molecule has 0 N–H and O–H groups in total. The first-order chi connectivity index (χ1) is 7.33. The highest BCUT2D eigenvalue weighted by Gasteiger charge is 2.52. The number of nitrogens with zero attached hydrogens (tertiary/aromatic N) is 1. The van der Waals surface area contributed by atoms with E-state index in [0.29, 0.717) is 0 Å². The van der Waals surface area contributed by atoms with Crippen LogP contribution in [0.25, 0.3) is 0 Å². The summed E-state index contributed by atoms with van der Waals surface area (Å²) in [6.07, 6.45) is 4.57. The van der Waals surface area contributed by atoms with Crippen LogP contribution in [0.3, 0.4) is 0 Å². The Kier molecular flexibility index (Phi) is 2.59. The summed E-state index contributed by atoms with van der Waals surface area (Å²) < 4.78 is 11.9. The number of rotatable bonds is 1. The minimum Gasteiger partial charge on any atom is -0.399 e. The van der Waals surface area contributed by atoms with Gasteiger partial charge in [0.25, 0.3) is 0 Å². The van der Waals surface area contributed by atoms with Crippen LogP contribution in [0, 0.1) is 13.1 Å². The SMILES string of the molecule is Cc1c[c]ncc1B1OC(C)(C)C(C)(C)O1. The molecule has 1 aromatic heterocycles. The molecule has 4 heteroatoms. The third-order valence-electron chi connectivity index (χ3n) is 3.52. The van der Waals surface area contributed by atoms with Gasteiger partial charge in [0, 0.05) is 11.7 Å². The van der Waals surface area contributed by atoms with Crippen molar-refractivity contribution in [1.82, 2.24) is 4.98 Å². The van der Waals surface area contributed by atoms with Crippen LogP contribution in [0.4, 0.5) is 0 Å². The fraction of sp³-hybridized carbons (Fsp3) is 0.583. The van der Waals surface area contributed by atoms with E-state index in [1.807, 2.05) is 40.7 Å². The maximum atomic E-state index is 5.95. The monoisotopic (exact) mass is 218 g/mol. The van der Waals surface area contributed by atoms with Gasteiger partial charge in [0.2, 0.25) is 0 Å². The molecule has 0 atom stereocenters. The standard InChI is InChI=1S/C12H17BNO2/c1-9-6-7-14-8-10(9)13-15-11(2,3)12(4,5)16-13/h6,8H,1-5H3. The van der Waals surface area contributed by atoms with Crippen LogP contribution in [-0.2, 0) is 9.31 Å². The molecule has 1 aliphatic rings. The molecule has 0 aliphatic carbocycles. The van der Waals surface area contributed by atoms with Gasteiger partial charge in [0.1, 0.15) is 0 Å². The van der Waals surface area contributed by atoms with Crippen molar-refractivity contribution in [2.75, 3.05) is 0 Å². The van der Waals surface area contributed by atoms with Gasteiger partial charge in [0.15, 0.2) is 0 Å². The van der Waals surface area contributed by atoms with Crippen LogP contribution in [0.15, 0.2) is 12.3 Å². The molecule has 0 aromatic carbocycles. The van der Waals surface area contributed by atoms with Gasteiger partial charge < -0.3 is 9.31 Å². The van der Waals surface area contributed by atoms with E-state index < -0.39 is 0 Å². The van der Waals surface area contributed by atoms with Crippen molar-refractivity contribution in [2.24, 2.45) is 0 Å². The fourth-order valence-corrected chi connectivity index (χ4v) is 1.64. The van der Waals surface area contributed by atoms with E-state index in [4.69, 9.17) is 9.31 Å². The predicted molar refractivity (Wildman–Crippen MR) is 63.5 cm³/mol. The van der Waals surface area contributed by atoms with Gasteiger partial charge in [0.05, 0.1) is 17.4 Å². The lowest BCUT2D eigenvalue weighted by atomic mass is 9.77. The Balaban J connectivity index is 2.31. The average molecular weight is 218 g/mol. The Hall–Kier alpha value is -0.865. The van der Waals surface area contributed by atoms with Crippen LogP contribution in [0.5, 0.6) is 0 Å². The minimum absolute atomic E-state index is 0.302. The van der Waals surface area contributed by atoms with Gasteiger partial charge in [-0.25, -0.2) is 0 Å². The number of hydrogen-bond donors (Lipinski definition) is 0. The molecule has 16 heavy (non-hydrogen) atoms. The van der Waals surface area contributed by atoms with E-state index in [1.165, 1.54) is 0 Å². The average Bonchev–Trinajstić information content (AvgIpc) is 2.36. The van der Waals surface area contributed by atoms with E-state index in [-0.39, 0.29) is 18.3 Å². The van der Waals surface area contributed by atoms with E-state index >= 15 is 0 Å². The first kappa shape index (κ1) is 11.6. The molecule has 0 saturated carbocycles. The van der Waals surface area contributed by atoms with Gasteiger partial charge in [-0.1, -0.05) is 0 Å². The molecule has 0 unspecified atom stereocenters. The highest BCUT2D eigenvalue weighted by molar-refractivity contribution is 6.62. The second-order valence-electron chi connectivity index (χ2n) is 5.26. The summed E-state index contributed by atoms with van der Waals surface area (Å²) in [7, 11) is -0.327. The molecule has 0 amide bonds. The smallest absolute Gasteiger partial charge is 0.399 e. The van der Waals surface area contributed by atoms with Crippen molar-refractivity contribution in [3.63, 3.8) is 0 Å². The lowest BCUT2D eigenvalue weighted by molar-refractivity contribution is 0.00578. The minimum atomic E-state index is -0.327. The molecule has 0 spiro atoms. The molecule has 1 fully saturated rings. The molecule has 85 valence electrons. The van der Waals surface area contributed by atoms with Crippen molar-refractivity contribution in [1.29, 1.82) is 0 Å². The summed E-state index contributed by atoms with van der Waals surface area (Å²) >= 11 is 0. The molecular weight excluding hydrogens is 201 g/mol. The lowest BCUT2D eigenvalue weighted by Gasteiger charge is -2.32. The quantitative estimate of drug-likeness (QED) is 0.669. The molecule has 1 aliphatic heterocycles. The Morgan fingerprint density at radius 3 is 2.25 bits per heavy atom. The van der Waals surface area contributed by atoms with Crippen LogP contribution in [0.1, 0.15) is 33.3 Å². The van der Waals surface area contributed by atoms with Crippen LogP contribution in [-0.4, -0.2) is 23.3 Å². The lowest BCUT2D eigenvalue weighted by Crippen LogP contribution is -2.41. The van der Waals surface area contributed by atoms with Gasteiger partial charge >= 0.3 is 7.12 Å². The number of aromatic nitrogens is 1. The molecule has 3 nitrogen and oxygen atoms in total. The number of pyridine rings is 1. The van der Waals surface area contributed by atoms with E-state index in [9.17, 15) is 0 Å². The van der Waals surface area contributed by atoms with Crippen molar-refractivity contribution >= 4 is 12.6 Å². The Morgan fingerprint density at radius 2 is 1.75 bits per heavy atom. The maximum absolute atomic E-state index is 5.95.